The molecule has 0 fully saturated rings. The third-order valence-electron chi connectivity index (χ3n) is 3.59. The van der Waals surface area contributed by atoms with Gasteiger partial charge < -0.3 is 10.1 Å². The van der Waals surface area contributed by atoms with Gasteiger partial charge in [0.05, 0.1) is 20.5 Å². The number of sulfonamides is 1. The molecule has 156 valence electrons. The van der Waals surface area contributed by atoms with E-state index in [-0.39, 0.29) is 27.3 Å². The Labute approximate surface area is 178 Å². The highest BCUT2D eigenvalue weighted by molar-refractivity contribution is 7.89. The van der Waals surface area contributed by atoms with E-state index in [1.165, 1.54) is 30.5 Å². The van der Waals surface area contributed by atoms with Crippen LogP contribution in [0.5, 0.6) is 0 Å². The van der Waals surface area contributed by atoms with Gasteiger partial charge in [0.25, 0.3) is 5.91 Å². The molecule has 0 bridgehead atoms. The number of rotatable bonds is 7. The first-order valence-corrected chi connectivity index (χ1v) is 10.6. The van der Waals surface area contributed by atoms with Crippen molar-refractivity contribution in [3.8, 4) is 0 Å². The molecule has 1 heterocycles. The largest absolute Gasteiger partial charge is 0.452 e. The van der Waals surface area contributed by atoms with Gasteiger partial charge in [-0.15, -0.1) is 0 Å². The average Bonchev–Trinajstić information content (AvgIpc) is 2.65. The van der Waals surface area contributed by atoms with E-state index >= 15 is 0 Å². The molecule has 0 saturated carbocycles. The van der Waals surface area contributed by atoms with Crippen molar-refractivity contribution in [1.82, 2.24) is 9.71 Å². The van der Waals surface area contributed by atoms with Crippen LogP contribution in [0.25, 0.3) is 0 Å². The normalized spacial score (nSPS) is 11.4. The minimum atomic E-state index is -3.67. The molecule has 0 aliphatic rings. The van der Waals surface area contributed by atoms with E-state index in [2.05, 4.69) is 15.0 Å². The number of pyridine rings is 1. The van der Waals surface area contributed by atoms with Gasteiger partial charge in [-0.25, -0.2) is 22.9 Å². The van der Waals surface area contributed by atoms with Crippen molar-refractivity contribution in [2.75, 3.05) is 11.9 Å². The highest BCUT2D eigenvalue weighted by atomic mass is 35.5. The molecular formula is C18H19Cl2N3O5S. The van der Waals surface area contributed by atoms with Crippen molar-refractivity contribution in [2.45, 2.75) is 31.7 Å². The highest BCUT2D eigenvalue weighted by Gasteiger charge is 2.17. The van der Waals surface area contributed by atoms with Gasteiger partial charge in [-0.3, -0.25) is 4.79 Å². The summed E-state index contributed by atoms with van der Waals surface area (Å²) in [6.45, 7) is 4.49. The van der Waals surface area contributed by atoms with Crippen molar-refractivity contribution in [1.29, 1.82) is 0 Å². The monoisotopic (exact) mass is 459 g/mol. The number of ether oxygens (including phenoxy) is 1. The predicted octanol–water partition coefficient (Wildman–Crippen LogP) is 3.18. The van der Waals surface area contributed by atoms with Crippen molar-refractivity contribution >= 4 is 50.9 Å². The van der Waals surface area contributed by atoms with Gasteiger partial charge in [-0.2, -0.15) is 0 Å². The van der Waals surface area contributed by atoms with Gasteiger partial charge in [-0.1, -0.05) is 23.2 Å². The standard InChI is InChI=1S/C18H19Cl2N3O5S/c1-10(2)23-29(26,27)13-6-4-12(5-7-13)18(25)28-9-15(24)22-17-16(20)11(3)14(19)8-21-17/h4-8,10,23H,9H2,1-3H3,(H,21,22,24). The molecule has 2 N–H and O–H groups in total. The van der Waals surface area contributed by atoms with Crippen molar-refractivity contribution in [3.63, 3.8) is 0 Å². The lowest BCUT2D eigenvalue weighted by molar-refractivity contribution is -0.119. The molecule has 8 nitrogen and oxygen atoms in total. The molecule has 0 aliphatic heterocycles. The minimum Gasteiger partial charge on any atom is -0.452 e. The molecule has 0 atom stereocenters. The summed E-state index contributed by atoms with van der Waals surface area (Å²) in [5.74, 6) is -1.33. The Hall–Kier alpha value is -2.20. The van der Waals surface area contributed by atoms with Crippen LogP contribution in [-0.2, 0) is 19.6 Å². The number of amides is 1. The number of nitrogens with one attached hydrogen (secondary N) is 2. The van der Waals surface area contributed by atoms with E-state index in [0.29, 0.717) is 10.6 Å². The number of benzene rings is 1. The maximum atomic E-state index is 12.1. The second-order valence-corrected chi connectivity index (χ2v) is 8.82. The topological polar surface area (TPSA) is 114 Å². The van der Waals surface area contributed by atoms with Crippen LogP contribution in [0.1, 0.15) is 29.8 Å². The smallest absolute Gasteiger partial charge is 0.338 e. The zero-order valence-corrected chi connectivity index (χ0v) is 18.2. The molecule has 1 aromatic heterocycles. The molecule has 0 spiro atoms. The lowest BCUT2D eigenvalue weighted by atomic mass is 10.2. The summed E-state index contributed by atoms with van der Waals surface area (Å²) < 4.78 is 31.5. The van der Waals surface area contributed by atoms with E-state index < -0.39 is 28.5 Å². The first kappa shape index (κ1) is 23.1. The molecule has 2 rings (SSSR count). The van der Waals surface area contributed by atoms with Crippen LogP contribution in [-0.4, -0.2) is 37.9 Å². The van der Waals surface area contributed by atoms with Crippen LogP contribution in [0, 0.1) is 6.92 Å². The number of halogens is 2. The summed E-state index contributed by atoms with van der Waals surface area (Å²) in [5, 5.41) is 2.97. The Morgan fingerprint density at radius 2 is 1.79 bits per heavy atom. The Bertz CT molecular complexity index is 1020. The SMILES string of the molecule is Cc1c(Cl)cnc(NC(=O)COC(=O)c2ccc(S(=O)(=O)NC(C)C)cc2)c1Cl. The fraction of sp³-hybridized carbons (Fsp3) is 0.278. The molecule has 0 saturated heterocycles. The van der Waals surface area contributed by atoms with Gasteiger partial charge >= 0.3 is 5.97 Å². The third kappa shape index (κ3) is 6.14. The number of hydrogen-bond donors (Lipinski definition) is 2. The summed E-state index contributed by atoms with van der Waals surface area (Å²) in [4.78, 5) is 28.0. The quantitative estimate of drug-likeness (QED) is 0.614. The molecule has 29 heavy (non-hydrogen) atoms. The van der Waals surface area contributed by atoms with Crippen molar-refractivity contribution in [3.05, 3.63) is 51.6 Å². The van der Waals surface area contributed by atoms with E-state index in [1.807, 2.05) is 0 Å². The van der Waals surface area contributed by atoms with Crippen LogP contribution in [0.2, 0.25) is 10.0 Å². The van der Waals surface area contributed by atoms with Crippen LogP contribution < -0.4 is 10.0 Å². The van der Waals surface area contributed by atoms with Crippen LogP contribution >= 0.6 is 23.2 Å². The number of anilines is 1. The summed E-state index contributed by atoms with van der Waals surface area (Å²) in [5.41, 5.74) is 0.650. The van der Waals surface area contributed by atoms with Crippen LogP contribution in [0.3, 0.4) is 0 Å². The fourth-order valence-corrected chi connectivity index (χ4v) is 3.82. The minimum absolute atomic E-state index is 0.0133. The first-order valence-electron chi connectivity index (χ1n) is 8.41. The Morgan fingerprint density at radius 3 is 2.38 bits per heavy atom. The van der Waals surface area contributed by atoms with Crippen molar-refractivity contribution < 1.29 is 22.7 Å². The molecule has 1 aromatic carbocycles. The number of aromatic nitrogens is 1. The molecule has 0 aliphatic carbocycles. The van der Waals surface area contributed by atoms with Gasteiger partial charge in [0.1, 0.15) is 0 Å². The Kier molecular flexibility index (Phi) is 7.59. The number of carbonyl (C=O) groups is 2. The highest BCUT2D eigenvalue weighted by Crippen LogP contribution is 2.28. The second kappa shape index (κ2) is 9.53. The van der Waals surface area contributed by atoms with Crippen molar-refractivity contribution in [2.24, 2.45) is 0 Å². The fourth-order valence-electron chi connectivity index (χ4n) is 2.18. The number of nitrogens with zero attached hydrogens (tertiary/aromatic N) is 1. The average molecular weight is 460 g/mol. The molecule has 11 heteroatoms. The first-order chi connectivity index (χ1) is 13.5. The van der Waals surface area contributed by atoms with Gasteiger partial charge in [0.15, 0.2) is 12.4 Å². The summed E-state index contributed by atoms with van der Waals surface area (Å²) in [6.07, 6.45) is 1.34. The number of hydrogen-bond acceptors (Lipinski definition) is 6. The molecule has 0 unspecified atom stereocenters. The molecule has 1 amide bonds. The lowest BCUT2D eigenvalue weighted by Crippen LogP contribution is -2.30. The predicted molar refractivity (Wildman–Crippen MR) is 110 cm³/mol. The Morgan fingerprint density at radius 1 is 1.17 bits per heavy atom. The summed E-state index contributed by atoms with van der Waals surface area (Å²) in [7, 11) is -3.67. The lowest BCUT2D eigenvalue weighted by Gasteiger charge is -2.10. The molecule has 0 radical (unpaired) electrons. The maximum absolute atomic E-state index is 12.1. The Balaban J connectivity index is 1.97. The van der Waals surface area contributed by atoms with E-state index in [4.69, 9.17) is 27.9 Å². The van der Waals surface area contributed by atoms with E-state index in [9.17, 15) is 18.0 Å². The van der Waals surface area contributed by atoms with Crippen LogP contribution in [0.4, 0.5) is 5.82 Å². The molecular weight excluding hydrogens is 441 g/mol. The van der Waals surface area contributed by atoms with Gasteiger partial charge in [0, 0.05) is 12.2 Å². The van der Waals surface area contributed by atoms with Gasteiger partial charge in [-0.05, 0) is 50.6 Å². The van der Waals surface area contributed by atoms with E-state index in [0.717, 1.165) is 0 Å². The van der Waals surface area contributed by atoms with Gasteiger partial charge in [0.2, 0.25) is 10.0 Å². The number of esters is 1. The molecule has 2 aromatic rings. The number of carbonyl (C=O) groups excluding carboxylic acids is 2. The second-order valence-electron chi connectivity index (χ2n) is 6.32. The zero-order valence-electron chi connectivity index (χ0n) is 15.8. The zero-order chi connectivity index (χ0) is 21.8. The van der Waals surface area contributed by atoms with Crippen LogP contribution in [0.15, 0.2) is 35.4 Å². The maximum Gasteiger partial charge on any atom is 0.338 e. The van der Waals surface area contributed by atoms with E-state index in [1.54, 1.807) is 20.8 Å². The summed E-state index contributed by atoms with van der Waals surface area (Å²) in [6, 6.07) is 4.89. The third-order valence-corrected chi connectivity index (χ3v) is 6.10. The summed E-state index contributed by atoms with van der Waals surface area (Å²) >= 11 is 11.9.